The smallest absolute Gasteiger partial charge is 0.262 e. The van der Waals surface area contributed by atoms with Gasteiger partial charge in [-0.3, -0.25) is 4.79 Å². The van der Waals surface area contributed by atoms with Crippen molar-refractivity contribution in [1.82, 2.24) is 19.7 Å². The number of benzene rings is 1. The van der Waals surface area contributed by atoms with Gasteiger partial charge in [0.15, 0.2) is 10.8 Å². The third-order valence-electron chi connectivity index (χ3n) is 3.40. The Morgan fingerprint density at radius 2 is 2.23 bits per heavy atom. The van der Waals surface area contributed by atoms with Crippen LogP contribution in [0.4, 0.5) is 0 Å². The van der Waals surface area contributed by atoms with Crippen LogP contribution in [-0.4, -0.2) is 25.5 Å². The van der Waals surface area contributed by atoms with Crippen LogP contribution < -0.4 is 5.56 Å². The molecule has 2 aromatic heterocycles. The molecule has 0 aliphatic carbocycles. The van der Waals surface area contributed by atoms with Gasteiger partial charge >= 0.3 is 0 Å². The van der Waals surface area contributed by atoms with E-state index in [-0.39, 0.29) is 5.56 Å². The summed E-state index contributed by atoms with van der Waals surface area (Å²) in [6.45, 7) is 4.17. The van der Waals surface area contributed by atoms with Gasteiger partial charge in [0.05, 0.1) is 11.9 Å². The lowest BCUT2D eigenvalue weighted by molar-refractivity contribution is 0.866. The van der Waals surface area contributed by atoms with Gasteiger partial charge in [0.25, 0.3) is 5.56 Å². The van der Waals surface area contributed by atoms with Crippen LogP contribution in [0.5, 0.6) is 0 Å². The number of rotatable bonds is 5. The van der Waals surface area contributed by atoms with Crippen LogP contribution in [0, 0.1) is 6.92 Å². The first-order valence-corrected chi connectivity index (χ1v) is 8.35. The molecule has 0 amide bonds. The van der Waals surface area contributed by atoms with Crippen LogP contribution in [0.1, 0.15) is 25.3 Å². The summed E-state index contributed by atoms with van der Waals surface area (Å²) >= 11 is 1.58. The van der Waals surface area contributed by atoms with Gasteiger partial charge in [-0.05, 0) is 31.0 Å². The Morgan fingerprint density at radius 1 is 1.36 bits per heavy atom. The minimum absolute atomic E-state index is 0.136. The number of aryl methyl sites for hydroxylation is 1. The molecule has 0 unspecified atom stereocenters. The topological polar surface area (TPSA) is 63.6 Å². The van der Waals surface area contributed by atoms with E-state index in [1.807, 2.05) is 31.2 Å². The summed E-state index contributed by atoms with van der Waals surface area (Å²) < 4.78 is 1.72. The number of fused-ring (bicyclic) bond motifs is 1. The Labute approximate surface area is 132 Å². The lowest BCUT2D eigenvalue weighted by Gasteiger charge is -2.05. The fourth-order valence-electron chi connectivity index (χ4n) is 2.23. The summed E-state index contributed by atoms with van der Waals surface area (Å²) in [5.41, 5.74) is 2.53. The molecule has 5 nitrogen and oxygen atoms in total. The van der Waals surface area contributed by atoms with E-state index >= 15 is 0 Å². The van der Waals surface area contributed by atoms with Crippen molar-refractivity contribution in [2.45, 2.75) is 31.8 Å². The van der Waals surface area contributed by atoms with Crippen LogP contribution in [-0.2, 0) is 0 Å². The van der Waals surface area contributed by atoms with Crippen molar-refractivity contribution in [2.75, 3.05) is 5.75 Å². The third kappa shape index (κ3) is 2.92. The van der Waals surface area contributed by atoms with E-state index in [1.54, 1.807) is 22.6 Å². The second-order valence-electron chi connectivity index (χ2n) is 5.21. The van der Waals surface area contributed by atoms with E-state index in [2.05, 4.69) is 22.0 Å². The molecule has 0 aliphatic heterocycles. The number of hydrogen-bond donors (Lipinski definition) is 1. The Hall–Kier alpha value is -2.08. The Bertz CT molecular complexity index is 853. The van der Waals surface area contributed by atoms with Gasteiger partial charge < -0.3 is 4.98 Å². The lowest BCUT2D eigenvalue weighted by Crippen LogP contribution is -2.10. The van der Waals surface area contributed by atoms with Crippen molar-refractivity contribution in [3.05, 3.63) is 46.4 Å². The van der Waals surface area contributed by atoms with Gasteiger partial charge in [0.1, 0.15) is 5.39 Å². The number of nitrogens with zero attached hydrogens (tertiary/aromatic N) is 3. The normalized spacial score (nSPS) is 11.2. The van der Waals surface area contributed by atoms with Crippen molar-refractivity contribution in [1.29, 1.82) is 0 Å². The highest BCUT2D eigenvalue weighted by atomic mass is 32.2. The van der Waals surface area contributed by atoms with Crippen molar-refractivity contribution in [3.8, 4) is 5.69 Å². The first kappa shape index (κ1) is 14.8. The summed E-state index contributed by atoms with van der Waals surface area (Å²) in [5.74, 6) is 0.948. The van der Waals surface area contributed by atoms with Crippen molar-refractivity contribution >= 4 is 22.8 Å². The van der Waals surface area contributed by atoms with Gasteiger partial charge in [-0.1, -0.05) is 37.2 Å². The van der Waals surface area contributed by atoms with E-state index in [0.29, 0.717) is 16.2 Å². The van der Waals surface area contributed by atoms with E-state index in [0.717, 1.165) is 29.8 Å². The zero-order valence-electron chi connectivity index (χ0n) is 12.7. The number of unbranched alkanes of at least 4 members (excludes halogenated alkanes) is 1. The standard InChI is InChI=1S/C16H18N4OS/c1-3-4-8-22-16-18-14-13(15(21)19-16)10-17-20(14)12-7-5-6-11(2)9-12/h5-7,9-10H,3-4,8H2,1-2H3,(H,18,19,21). The third-order valence-corrected chi connectivity index (χ3v) is 4.36. The van der Waals surface area contributed by atoms with E-state index in [4.69, 9.17) is 0 Å². The molecule has 0 radical (unpaired) electrons. The van der Waals surface area contributed by atoms with Crippen LogP contribution in [0.2, 0.25) is 0 Å². The van der Waals surface area contributed by atoms with Crippen molar-refractivity contribution in [3.63, 3.8) is 0 Å². The number of hydrogen-bond acceptors (Lipinski definition) is 4. The molecule has 0 saturated carbocycles. The van der Waals surface area contributed by atoms with Crippen LogP contribution in [0.3, 0.4) is 0 Å². The molecule has 3 aromatic rings. The summed E-state index contributed by atoms with van der Waals surface area (Å²) in [5, 5.41) is 5.50. The number of thioether (sulfide) groups is 1. The molecular weight excluding hydrogens is 296 g/mol. The number of nitrogens with one attached hydrogen (secondary N) is 1. The Balaban J connectivity index is 2.06. The highest BCUT2D eigenvalue weighted by Crippen LogP contribution is 2.19. The predicted molar refractivity (Wildman–Crippen MR) is 89.9 cm³/mol. The van der Waals surface area contributed by atoms with E-state index in [1.165, 1.54) is 0 Å². The molecule has 2 heterocycles. The second-order valence-corrected chi connectivity index (χ2v) is 6.29. The van der Waals surface area contributed by atoms with Crippen molar-refractivity contribution < 1.29 is 0 Å². The van der Waals surface area contributed by atoms with Crippen LogP contribution in [0.15, 0.2) is 40.4 Å². The van der Waals surface area contributed by atoms with Crippen molar-refractivity contribution in [2.24, 2.45) is 0 Å². The maximum atomic E-state index is 12.2. The molecule has 0 aliphatic rings. The van der Waals surface area contributed by atoms with Crippen LogP contribution >= 0.6 is 11.8 Å². The molecule has 1 aromatic carbocycles. The van der Waals surface area contributed by atoms with Crippen LogP contribution in [0.25, 0.3) is 16.7 Å². The molecular formula is C16H18N4OS. The largest absolute Gasteiger partial charge is 0.301 e. The predicted octanol–water partition coefficient (Wildman–Crippen LogP) is 3.31. The van der Waals surface area contributed by atoms with Gasteiger partial charge in [0.2, 0.25) is 0 Å². The number of aromatic amines is 1. The lowest BCUT2D eigenvalue weighted by atomic mass is 10.2. The maximum absolute atomic E-state index is 12.2. The first-order valence-electron chi connectivity index (χ1n) is 7.37. The maximum Gasteiger partial charge on any atom is 0.262 e. The SMILES string of the molecule is CCCCSc1nc2c(cnn2-c2cccc(C)c2)c(=O)[nH]1. The monoisotopic (exact) mass is 314 g/mol. The molecule has 3 rings (SSSR count). The van der Waals surface area contributed by atoms with Gasteiger partial charge in [-0.2, -0.15) is 5.10 Å². The quantitative estimate of drug-likeness (QED) is 0.446. The fourth-order valence-corrected chi connectivity index (χ4v) is 3.17. The van der Waals surface area contributed by atoms with E-state index < -0.39 is 0 Å². The minimum Gasteiger partial charge on any atom is -0.301 e. The highest BCUT2D eigenvalue weighted by Gasteiger charge is 2.11. The fraction of sp³-hybridized carbons (Fsp3) is 0.312. The minimum atomic E-state index is -0.136. The molecule has 1 N–H and O–H groups in total. The molecule has 0 spiro atoms. The molecule has 114 valence electrons. The molecule has 0 saturated heterocycles. The number of aromatic nitrogens is 4. The average molecular weight is 314 g/mol. The zero-order chi connectivity index (χ0) is 15.5. The first-order chi connectivity index (χ1) is 10.7. The molecule has 6 heteroatoms. The Morgan fingerprint density at radius 3 is 3.00 bits per heavy atom. The number of H-pyrrole nitrogens is 1. The molecule has 22 heavy (non-hydrogen) atoms. The summed E-state index contributed by atoms with van der Waals surface area (Å²) in [6, 6.07) is 8.00. The average Bonchev–Trinajstić information content (AvgIpc) is 2.92. The zero-order valence-corrected chi connectivity index (χ0v) is 13.5. The van der Waals surface area contributed by atoms with Gasteiger partial charge in [-0.25, -0.2) is 9.67 Å². The second kappa shape index (κ2) is 6.36. The van der Waals surface area contributed by atoms with E-state index in [9.17, 15) is 4.79 Å². The highest BCUT2D eigenvalue weighted by molar-refractivity contribution is 7.99. The summed E-state index contributed by atoms with van der Waals surface area (Å²) in [6.07, 6.45) is 3.80. The molecule has 0 fully saturated rings. The Kier molecular flexibility index (Phi) is 4.29. The molecule has 0 atom stereocenters. The van der Waals surface area contributed by atoms with Gasteiger partial charge in [-0.15, -0.1) is 0 Å². The summed E-state index contributed by atoms with van der Waals surface area (Å²) in [4.78, 5) is 19.6. The molecule has 0 bridgehead atoms. The van der Waals surface area contributed by atoms with Gasteiger partial charge in [0, 0.05) is 5.75 Å². The summed E-state index contributed by atoms with van der Waals surface area (Å²) in [7, 11) is 0.